The van der Waals surface area contributed by atoms with Crippen LogP contribution < -0.4 is 10.6 Å². The van der Waals surface area contributed by atoms with E-state index in [9.17, 15) is 9.59 Å². The lowest BCUT2D eigenvalue weighted by atomic mass is 9.82. The van der Waals surface area contributed by atoms with Crippen molar-refractivity contribution in [3.05, 3.63) is 0 Å². The van der Waals surface area contributed by atoms with E-state index in [0.29, 0.717) is 18.4 Å². The van der Waals surface area contributed by atoms with Gasteiger partial charge in [-0.2, -0.15) is 0 Å². The first-order valence-corrected chi connectivity index (χ1v) is 7.65. The minimum absolute atomic E-state index is 0.112. The quantitative estimate of drug-likeness (QED) is 0.701. The third-order valence-electron chi connectivity index (χ3n) is 3.95. The third kappa shape index (κ3) is 6.26. The summed E-state index contributed by atoms with van der Waals surface area (Å²) in [5, 5.41) is 14.8. The number of rotatable bonds is 6. The molecule has 0 aliphatic heterocycles. The van der Waals surface area contributed by atoms with Gasteiger partial charge in [-0.25, -0.2) is 4.79 Å². The highest BCUT2D eigenvalue weighted by atomic mass is 16.4. The van der Waals surface area contributed by atoms with Gasteiger partial charge in [0, 0.05) is 12.6 Å². The number of amides is 2. The van der Waals surface area contributed by atoms with E-state index in [4.69, 9.17) is 5.11 Å². The molecule has 0 aromatic heterocycles. The fourth-order valence-electron chi connectivity index (χ4n) is 2.89. The number of urea groups is 1. The molecule has 0 spiro atoms. The van der Waals surface area contributed by atoms with Crippen molar-refractivity contribution in [2.45, 2.75) is 58.9 Å². The van der Waals surface area contributed by atoms with Crippen LogP contribution in [0, 0.1) is 17.8 Å². The van der Waals surface area contributed by atoms with Gasteiger partial charge in [0.15, 0.2) is 0 Å². The molecule has 0 saturated heterocycles. The van der Waals surface area contributed by atoms with Gasteiger partial charge in [-0.1, -0.05) is 13.8 Å². The van der Waals surface area contributed by atoms with Gasteiger partial charge in [-0.05, 0) is 50.9 Å². The Kier molecular flexibility index (Phi) is 6.82. The maximum Gasteiger partial charge on any atom is 0.315 e. The number of aliphatic carboxylic acids is 1. The van der Waals surface area contributed by atoms with Gasteiger partial charge in [0.2, 0.25) is 0 Å². The number of carbonyl (C=O) groups is 2. The minimum atomic E-state index is -0.684. The standard InChI is InChI=1S/C15H28N2O3/c1-10(2)8-11(3)17-15(20)16-9-12-4-6-13(7-5-12)14(18)19/h10-13H,4-9H2,1-3H3,(H,18,19)(H2,16,17,20). The molecule has 1 unspecified atom stereocenters. The molecule has 0 radical (unpaired) electrons. The second-order valence-electron chi connectivity index (χ2n) is 6.44. The summed E-state index contributed by atoms with van der Waals surface area (Å²) in [4.78, 5) is 22.6. The molecule has 2 amide bonds. The lowest BCUT2D eigenvalue weighted by Crippen LogP contribution is -2.43. The molecule has 0 aromatic rings. The molecular weight excluding hydrogens is 256 g/mol. The Labute approximate surface area is 121 Å². The predicted octanol–water partition coefficient (Wildman–Crippen LogP) is 2.61. The smallest absolute Gasteiger partial charge is 0.315 e. The first-order chi connectivity index (χ1) is 9.38. The van der Waals surface area contributed by atoms with E-state index in [-0.39, 0.29) is 18.0 Å². The van der Waals surface area contributed by atoms with E-state index < -0.39 is 5.97 Å². The molecule has 1 aliphatic rings. The van der Waals surface area contributed by atoms with E-state index >= 15 is 0 Å². The fraction of sp³-hybridized carbons (Fsp3) is 0.867. The van der Waals surface area contributed by atoms with Crippen LogP contribution in [-0.4, -0.2) is 29.7 Å². The lowest BCUT2D eigenvalue weighted by Gasteiger charge is -2.26. The maximum atomic E-state index is 11.7. The van der Waals surface area contributed by atoms with Crippen LogP contribution in [-0.2, 0) is 4.79 Å². The molecule has 5 nitrogen and oxygen atoms in total. The van der Waals surface area contributed by atoms with Gasteiger partial charge >= 0.3 is 12.0 Å². The van der Waals surface area contributed by atoms with E-state index in [1.54, 1.807) is 0 Å². The van der Waals surface area contributed by atoms with Crippen LogP contribution in [0.1, 0.15) is 52.9 Å². The SMILES string of the molecule is CC(C)CC(C)NC(=O)NCC1CCC(C(=O)O)CC1. The van der Waals surface area contributed by atoms with Crippen molar-refractivity contribution in [3.63, 3.8) is 0 Å². The molecule has 1 rings (SSSR count). The molecule has 0 aromatic carbocycles. The lowest BCUT2D eigenvalue weighted by molar-refractivity contribution is -0.143. The molecule has 1 atom stereocenters. The number of carboxylic acid groups (broad SMARTS) is 1. The Balaban J connectivity index is 2.17. The van der Waals surface area contributed by atoms with Crippen LogP contribution in [0.4, 0.5) is 4.79 Å². The van der Waals surface area contributed by atoms with E-state index in [1.165, 1.54) is 0 Å². The molecule has 20 heavy (non-hydrogen) atoms. The zero-order valence-electron chi connectivity index (χ0n) is 12.8. The molecule has 3 N–H and O–H groups in total. The van der Waals surface area contributed by atoms with E-state index in [0.717, 1.165) is 32.1 Å². The van der Waals surface area contributed by atoms with Gasteiger partial charge in [-0.15, -0.1) is 0 Å². The number of carboxylic acids is 1. The van der Waals surface area contributed by atoms with Crippen molar-refractivity contribution in [1.82, 2.24) is 10.6 Å². The highest BCUT2D eigenvalue weighted by Gasteiger charge is 2.26. The van der Waals surface area contributed by atoms with Crippen LogP contribution in [0.2, 0.25) is 0 Å². The van der Waals surface area contributed by atoms with Crippen molar-refractivity contribution in [1.29, 1.82) is 0 Å². The molecule has 0 heterocycles. The predicted molar refractivity (Wildman–Crippen MR) is 78.5 cm³/mol. The van der Waals surface area contributed by atoms with Gasteiger partial charge < -0.3 is 15.7 Å². The largest absolute Gasteiger partial charge is 0.481 e. The van der Waals surface area contributed by atoms with Crippen LogP contribution in [0.25, 0.3) is 0 Å². The summed E-state index contributed by atoms with van der Waals surface area (Å²) in [5.41, 5.74) is 0. The number of hydrogen-bond acceptors (Lipinski definition) is 2. The molecule has 0 bridgehead atoms. The zero-order valence-corrected chi connectivity index (χ0v) is 12.8. The topological polar surface area (TPSA) is 78.4 Å². The fourth-order valence-corrected chi connectivity index (χ4v) is 2.89. The average molecular weight is 284 g/mol. The summed E-state index contributed by atoms with van der Waals surface area (Å²) in [6.45, 7) is 6.93. The van der Waals surface area contributed by atoms with Crippen molar-refractivity contribution in [2.75, 3.05) is 6.54 Å². The summed E-state index contributed by atoms with van der Waals surface area (Å²) in [6, 6.07) is 0.0660. The molecule has 1 saturated carbocycles. The summed E-state index contributed by atoms with van der Waals surface area (Å²) >= 11 is 0. The van der Waals surface area contributed by atoms with Gasteiger partial charge in [-0.3, -0.25) is 4.79 Å². The number of carbonyl (C=O) groups excluding carboxylic acids is 1. The Morgan fingerprint density at radius 3 is 2.25 bits per heavy atom. The summed E-state index contributed by atoms with van der Waals surface area (Å²) in [7, 11) is 0. The van der Waals surface area contributed by atoms with E-state index in [1.807, 2.05) is 6.92 Å². The normalized spacial score (nSPS) is 24.2. The Morgan fingerprint density at radius 1 is 1.15 bits per heavy atom. The summed E-state index contributed by atoms with van der Waals surface area (Å²) in [6.07, 6.45) is 4.20. The summed E-state index contributed by atoms with van der Waals surface area (Å²) < 4.78 is 0. The second kappa shape index (κ2) is 8.12. The molecule has 1 fully saturated rings. The molecule has 5 heteroatoms. The van der Waals surface area contributed by atoms with E-state index in [2.05, 4.69) is 24.5 Å². The zero-order chi connectivity index (χ0) is 15.1. The first kappa shape index (κ1) is 16.8. The summed E-state index contributed by atoms with van der Waals surface area (Å²) in [5.74, 6) is 0.108. The van der Waals surface area contributed by atoms with Crippen LogP contribution >= 0.6 is 0 Å². The van der Waals surface area contributed by atoms with Crippen molar-refractivity contribution < 1.29 is 14.7 Å². The van der Waals surface area contributed by atoms with Gasteiger partial charge in [0.1, 0.15) is 0 Å². The maximum absolute atomic E-state index is 11.7. The number of nitrogens with one attached hydrogen (secondary N) is 2. The first-order valence-electron chi connectivity index (χ1n) is 7.65. The third-order valence-corrected chi connectivity index (χ3v) is 3.95. The number of hydrogen-bond donors (Lipinski definition) is 3. The highest BCUT2D eigenvalue weighted by Crippen LogP contribution is 2.28. The van der Waals surface area contributed by atoms with Gasteiger partial charge in [0.05, 0.1) is 5.92 Å². The Hall–Kier alpha value is -1.26. The average Bonchev–Trinajstić information content (AvgIpc) is 2.35. The van der Waals surface area contributed by atoms with Crippen molar-refractivity contribution >= 4 is 12.0 Å². The molecule has 116 valence electrons. The monoisotopic (exact) mass is 284 g/mol. The van der Waals surface area contributed by atoms with Crippen LogP contribution in [0.3, 0.4) is 0 Å². The molecular formula is C15H28N2O3. The minimum Gasteiger partial charge on any atom is -0.481 e. The molecule has 1 aliphatic carbocycles. The van der Waals surface area contributed by atoms with Crippen LogP contribution in [0.5, 0.6) is 0 Å². The van der Waals surface area contributed by atoms with Crippen LogP contribution in [0.15, 0.2) is 0 Å². The highest BCUT2D eigenvalue weighted by molar-refractivity contribution is 5.74. The van der Waals surface area contributed by atoms with Crippen molar-refractivity contribution in [2.24, 2.45) is 17.8 Å². The second-order valence-corrected chi connectivity index (χ2v) is 6.44. The van der Waals surface area contributed by atoms with Gasteiger partial charge in [0.25, 0.3) is 0 Å². The van der Waals surface area contributed by atoms with Crippen molar-refractivity contribution in [3.8, 4) is 0 Å². The Bertz CT molecular complexity index is 323. The Morgan fingerprint density at radius 2 is 1.75 bits per heavy atom.